The number of hydrogen-bond donors (Lipinski definition) is 0. The van der Waals surface area contributed by atoms with Gasteiger partial charge in [0, 0.05) is 14.1 Å². The molecule has 1 amide bonds. The number of carbonyl (C=O) groups is 2. The Morgan fingerprint density at radius 2 is 2.00 bits per heavy atom. The average Bonchev–Trinajstić information content (AvgIpc) is 2.26. The zero-order valence-corrected chi connectivity index (χ0v) is 9.99. The van der Waals surface area contributed by atoms with Crippen LogP contribution in [0, 0.1) is 5.82 Å². The van der Waals surface area contributed by atoms with E-state index in [0.717, 1.165) is 6.07 Å². The van der Waals surface area contributed by atoms with Crippen LogP contribution in [0.15, 0.2) is 18.2 Å². The van der Waals surface area contributed by atoms with Gasteiger partial charge >= 0.3 is 0 Å². The normalized spacial score (nSPS) is 9.88. The fourth-order valence-electron chi connectivity index (χ4n) is 1.17. The maximum atomic E-state index is 13.0. The van der Waals surface area contributed by atoms with Crippen molar-refractivity contribution in [2.45, 2.75) is 6.92 Å². The lowest BCUT2D eigenvalue weighted by atomic mass is 10.1. The van der Waals surface area contributed by atoms with Crippen molar-refractivity contribution in [3.8, 4) is 5.75 Å². The molecule has 92 valence electrons. The highest BCUT2D eigenvalue weighted by Gasteiger charge is 2.12. The van der Waals surface area contributed by atoms with Crippen LogP contribution < -0.4 is 4.74 Å². The minimum absolute atomic E-state index is 0.136. The van der Waals surface area contributed by atoms with Crippen molar-refractivity contribution in [3.63, 3.8) is 0 Å². The molecule has 0 saturated carbocycles. The van der Waals surface area contributed by atoms with Crippen LogP contribution in [-0.4, -0.2) is 37.3 Å². The van der Waals surface area contributed by atoms with E-state index in [4.69, 9.17) is 4.74 Å². The van der Waals surface area contributed by atoms with E-state index < -0.39 is 5.82 Å². The fourth-order valence-corrected chi connectivity index (χ4v) is 1.17. The van der Waals surface area contributed by atoms with E-state index in [1.807, 2.05) is 0 Å². The van der Waals surface area contributed by atoms with Gasteiger partial charge < -0.3 is 9.64 Å². The molecule has 1 aromatic rings. The molecule has 1 rings (SSSR count). The second-order valence-corrected chi connectivity index (χ2v) is 3.77. The summed E-state index contributed by atoms with van der Waals surface area (Å²) in [5.41, 5.74) is 0.136. The lowest BCUT2D eigenvalue weighted by Crippen LogP contribution is -2.27. The molecule has 0 aliphatic heterocycles. The quantitative estimate of drug-likeness (QED) is 0.748. The SMILES string of the molecule is CC(=O)c1cc(F)ccc1OCC(=O)N(C)C. The van der Waals surface area contributed by atoms with Crippen molar-refractivity contribution >= 4 is 11.7 Å². The molecule has 4 nitrogen and oxygen atoms in total. The molecule has 5 heteroatoms. The van der Waals surface area contributed by atoms with Crippen molar-refractivity contribution in [2.75, 3.05) is 20.7 Å². The Kier molecular flexibility index (Phi) is 4.20. The summed E-state index contributed by atoms with van der Waals surface area (Å²) in [6, 6.07) is 3.62. The first-order valence-corrected chi connectivity index (χ1v) is 5.05. The van der Waals surface area contributed by atoms with Crippen LogP contribution in [0.1, 0.15) is 17.3 Å². The van der Waals surface area contributed by atoms with E-state index in [0.29, 0.717) is 0 Å². The molecule has 0 heterocycles. The molecule has 0 aromatic heterocycles. The Morgan fingerprint density at radius 1 is 1.35 bits per heavy atom. The van der Waals surface area contributed by atoms with Gasteiger partial charge in [0.15, 0.2) is 12.4 Å². The first-order chi connectivity index (χ1) is 7.91. The highest BCUT2D eigenvalue weighted by molar-refractivity contribution is 5.96. The lowest BCUT2D eigenvalue weighted by molar-refractivity contribution is -0.130. The minimum atomic E-state index is -0.513. The molecule has 0 unspecified atom stereocenters. The van der Waals surface area contributed by atoms with E-state index in [1.165, 1.54) is 24.0 Å². The Bertz CT molecular complexity index is 443. The number of halogens is 1. The van der Waals surface area contributed by atoms with Crippen molar-refractivity contribution in [2.24, 2.45) is 0 Å². The minimum Gasteiger partial charge on any atom is -0.483 e. The third-order valence-corrected chi connectivity index (χ3v) is 2.17. The van der Waals surface area contributed by atoms with Gasteiger partial charge in [-0.15, -0.1) is 0 Å². The van der Waals surface area contributed by atoms with Gasteiger partial charge in [-0.25, -0.2) is 4.39 Å². The van der Waals surface area contributed by atoms with Gasteiger partial charge in [0.25, 0.3) is 5.91 Å². The number of nitrogens with zero attached hydrogens (tertiary/aromatic N) is 1. The van der Waals surface area contributed by atoms with Crippen LogP contribution in [0.3, 0.4) is 0 Å². The molecule has 0 spiro atoms. The van der Waals surface area contributed by atoms with Crippen LogP contribution in [0.25, 0.3) is 0 Å². The average molecular weight is 239 g/mol. The molecule has 0 fully saturated rings. The molecule has 0 radical (unpaired) electrons. The van der Waals surface area contributed by atoms with Gasteiger partial charge in [0.2, 0.25) is 0 Å². The second kappa shape index (κ2) is 5.43. The zero-order valence-electron chi connectivity index (χ0n) is 9.99. The molecule has 0 atom stereocenters. The summed E-state index contributed by atoms with van der Waals surface area (Å²) in [6.07, 6.45) is 0. The Balaban J connectivity index is 2.84. The number of likely N-dealkylation sites (N-methyl/N-ethyl adjacent to an activating group) is 1. The summed E-state index contributed by atoms with van der Waals surface area (Å²) in [5, 5.41) is 0. The van der Waals surface area contributed by atoms with Gasteiger partial charge in [0.05, 0.1) is 5.56 Å². The molecule has 0 aliphatic rings. The molecule has 0 saturated heterocycles. The fraction of sp³-hybridized carbons (Fsp3) is 0.333. The number of ether oxygens (including phenoxy) is 1. The molecular weight excluding hydrogens is 225 g/mol. The number of amides is 1. The van der Waals surface area contributed by atoms with E-state index in [2.05, 4.69) is 0 Å². The van der Waals surface area contributed by atoms with Crippen LogP contribution in [0.5, 0.6) is 5.75 Å². The predicted octanol–water partition coefficient (Wildman–Crippen LogP) is 1.50. The van der Waals surface area contributed by atoms with Crippen LogP contribution in [-0.2, 0) is 4.79 Å². The summed E-state index contributed by atoms with van der Waals surface area (Å²) in [4.78, 5) is 23.9. The third-order valence-electron chi connectivity index (χ3n) is 2.17. The molecule has 0 aliphatic carbocycles. The van der Waals surface area contributed by atoms with Crippen molar-refractivity contribution < 1.29 is 18.7 Å². The maximum absolute atomic E-state index is 13.0. The van der Waals surface area contributed by atoms with Gasteiger partial charge in [0.1, 0.15) is 11.6 Å². The van der Waals surface area contributed by atoms with E-state index in [9.17, 15) is 14.0 Å². The number of rotatable bonds is 4. The number of Topliss-reactive ketones (excluding diaryl/α,β-unsaturated/α-hetero) is 1. The second-order valence-electron chi connectivity index (χ2n) is 3.77. The summed E-state index contributed by atoms with van der Waals surface area (Å²) >= 11 is 0. The molecule has 0 bridgehead atoms. The predicted molar refractivity (Wildman–Crippen MR) is 60.6 cm³/mol. The third kappa shape index (κ3) is 3.55. The largest absolute Gasteiger partial charge is 0.483 e. The molecular formula is C12H14FNO3. The Labute approximate surface area is 99.0 Å². The van der Waals surface area contributed by atoms with Crippen molar-refractivity contribution in [1.29, 1.82) is 0 Å². The number of ketones is 1. The van der Waals surface area contributed by atoms with Gasteiger partial charge in [-0.2, -0.15) is 0 Å². The highest BCUT2D eigenvalue weighted by Crippen LogP contribution is 2.20. The van der Waals surface area contributed by atoms with Crippen molar-refractivity contribution in [1.82, 2.24) is 4.90 Å². The van der Waals surface area contributed by atoms with Gasteiger partial charge in [-0.1, -0.05) is 0 Å². The smallest absolute Gasteiger partial charge is 0.259 e. The van der Waals surface area contributed by atoms with Gasteiger partial charge in [-0.05, 0) is 25.1 Å². The lowest BCUT2D eigenvalue weighted by Gasteiger charge is -2.13. The molecule has 1 aromatic carbocycles. The Morgan fingerprint density at radius 3 is 2.53 bits per heavy atom. The summed E-state index contributed by atoms with van der Waals surface area (Å²) in [5.74, 6) is -0.837. The summed E-state index contributed by atoms with van der Waals surface area (Å²) < 4.78 is 18.1. The molecule has 0 N–H and O–H groups in total. The van der Waals surface area contributed by atoms with E-state index in [-0.39, 0.29) is 29.6 Å². The van der Waals surface area contributed by atoms with Gasteiger partial charge in [-0.3, -0.25) is 9.59 Å². The maximum Gasteiger partial charge on any atom is 0.259 e. The summed E-state index contributed by atoms with van der Waals surface area (Å²) in [6.45, 7) is 1.13. The van der Waals surface area contributed by atoms with E-state index >= 15 is 0 Å². The first kappa shape index (κ1) is 13.2. The Hall–Kier alpha value is -1.91. The highest BCUT2D eigenvalue weighted by atomic mass is 19.1. The van der Waals surface area contributed by atoms with Crippen molar-refractivity contribution in [3.05, 3.63) is 29.6 Å². The summed E-state index contributed by atoms with van der Waals surface area (Å²) in [7, 11) is 3.20. The first-order valence-electron chi connectivity index (χ1n) is 5.05. The number of benzene rings is 1. The zero-order chi connectivity index (χ0) is 13.0. The van der Waals surface area contributed by atoms with E-state index in [1.54, 1.807) is 14.1 Å². The monoisotopic (exact) mass is 239 g/mol. The number of hydrogen-bond acceptors (Lipinski definition) is 3. The molecule has 17 heavy (non-hydrogen) atoms. The topological polar surface area (TPSA) is 46.6 Å². The number of carbonyl (C=O) groups excluding carboxylic acids is 2. The van der Waals surface area contributed by atoms with Crippen LogP contribution in [0.4, 0.5) is 4.39 Å². The standard InChI is InChI=1S/C12H14FNO3/c1-8(15)10-6-9(13)4-5-11(10)17-7-12(16)14(2)3/h4-6H,7H2,1-3H3. The van der Waals surface area contributed by atoms with Crippen LogP contribution in [0.2, 0.25) is 0 Å². The van der Waals surface area contributed by atoms with Crippen LogP contribution >= 0.6 is 0 Å².